The monoisotopic (exact) mass is 406 g/mol. The van der Waals surface area contributed by atoms with E-state index in [-0.39, 0.29) is 19.1 Å². The van der Waals surface area contributed by atoms with Crippen molar-refractivity contribution in [3.05, 3.63) is 69.9 Å². The van der Waals surface area contributed by atoms with Gasteiger partial charge in [0.2, 0.25) is 13.0 Å². The van der Waals surface area contributed by atoms with E-state index in [1.54, 1.807) is 18.4 Å². The molecule has 0 spiro atoms. The molecule has 7 heteroatoms. The van der Waals surface area contributed by atoms with Crippen LogP contribution in [0.3, 0.4) is 0 Å². The summed E-state index contributed by atoms with van der Waals surface area (Å²) in [7, 11) is 1.67. The summed E-state index contributed by atoms with van der Waals surface area (Å²) < 4.78 is 23.1. The number of hydrogen-bond donors (Lipinski definition) is 0. The molecule has 0 unspecified atom stereocenters. The fraction of sp³-hybridized carbons (Fsp3) is 0.227. The van der Waals surface area contributed by atoms with Gasteiger partial charge in [-0.05, 0) is 35.7 Å². The van der Waals surface area contributed by atoms with Crippen molar-refractivity contribution in [3.63, 3.8) is 0 Å². The number of para-hydroxylation sites is 1. The van der Waals surface area contributed by atoms with Crippen LogP contribution in [0.5, 0.6) is 23.0 Å². The van der Waals surface area contributed by atoms with Crippen molar-refractivity contribution in [2.24, 2.45) is 5.10 Å². The van der Waals surface area contributed by atoms with Crippen LogP contribution in [0.25, 0.3) is 0 Å². The maximum absolute atomic E-state index is 6.48. The van der Waals surface area contributed by atoms with E-state index in [9.17, 15) is 0 Å². The zero-order chi connectivity index (χ0) is 19.4. The third-order valence-electron chi connectivity index (χ3n) is 5.49. The molecule has 0 fully saturated rings. The van der Waals surface area contributed by atoms with Crippen LogP contribution in [0, 0.1) is 0 Å². The number of nitrogens with zero attached hydrogens (tertiary/aromatic N) is 2. The van der Waals surface area contributed by atoms with E-state index in [0.717, 1.165) is 46.3 Å². The van der Waals surface area contributed by atoms with Gasteiger partial charge in [0.15, 0.2) is 23.0 Å². The minimum Gasteiger partial charge on any atom is -0.493 e. The molecule has 4 heterocycles. The Labute approximate surface area is 171 Å². The smallest absolute Gasteiger partial charge is 0.231 e. The lowest BCUT2D eigenvalue weighted by atomic mass is 9.97. The second-order valence-corrected chi connectivity index (χ2v) is 8.03. The lowest BCUT2D eigenvalue weighted by Gasteiger charge is -2.38. The Morgan fingerprint density at radius 1 is 1.10 bits per heavy atom. The SMILES string of the molecule is COc1cccc2c1O[C@H](c1ccc3c(c1)OCO3)N1N=C(c3cccs3)C[C@H]21. The molecule has 29 heavy (non-hydrogen) atoms. The molecule has 0 saturated carbocycles. The van der Waals surface area contributed by atoms with Gasteiger partial charge in [0, 0.05) is 17.5 Å². The summed E-state index contributed by atoms with van der Waals surface area (Å²) >= 11 is 1.71. The molecule has 2 aromatic carbocycles. The minimum absolute atomic E-state index is 0.0846. The van der Waals surface area contributed by atoms with Gasteiger partial charge in [-0.2, -0.15) is 5.10 Å². The van der Waals surface area contributed by atoms with Crippen molar-refractivity contribution >= 4 is 17.0 Å². The van der Waals surface area contributed by atoms with Gasteiger partial charge < -0.3 is 18.9 Å². The van der Waals surface area contributed by atoms with Crippen LogP contribution in [0.15, 0.2) is 59.0 Å². The summed E-state index contributed by atoms with van der Waals surface area (Å²) in [6, 6.07) is 16.2. The molecule has 2 atom stereocenters. The van der Waals surface area contributed by atoms with Crippen LogP contribution in [0.1, 0.15) is 34.7 Å². The molecule has 0 amide bonds. The van der Waals surface area contributed by atoms with Gasteiger partial charge in [-0.15, -0.1) is 11.3 Å². The quantitative estimate of drug-likeness (QED) is 0.630. The first-order valence-corrected chi connectivity index (χ1v) is 10.3. The number of fused-ring (bicyclic) bond motifs is 4. The number of thiophene rings is 1. The van der Waals surface area contributed by atoms with Crippen LogP contribution in [-0.2, 0) is 0 Å². The summed E-state index contributed by atoms with van der Waals surface area (Å²) in [6.07, 6.45) is 0.446. The van der Waals surface area contributed by atoms with Crippen molar-refractivity contribution in [1.29, 1.82) is 0 Å². The summed E-state index contributed by atoms with van der Waals surface area (Å²) in [6.45, 7) is 0.244. The average molecular weight is 406 g/mol. The van der Waals surface area contributed by atoms with Gasteiger partial charge in [0.1, 0.15) is 0 Å². The molecule has 3 aliphatic rings. The summed E-state index contributed by atoms with van der Waals surface area (Å²) in [5, 5.41) is 9.13. The number of hydrogen-bond acceptors (Lipinski definition) is 7. The van der Waals surface area contributed by atoms with E-state index in [1.807, 2.05) is 30.3 Å². The van der Waals surface area contributed by atoms with Crippen molar-refractivity contribution in [2.45, 2.75) is 18.7 Å². The number of benzene rings is 2. The lowest BCUT2D eigenvalue weighted by Crippen LogP contribution is -2.33. The molecule has 146 valence electrons. The maximum atomic E-state index is 6.48. The van der Waals surface area contributed by atoms with E-state index < -0.39 is 0 Å². The number of ether oxygens (including phenoxy) is 4. The molecular weight excluding hydrogens is 388 g/mol. The van der Waals surface area contributed by atoms with Gasteiger partial charge >= 0.3 is 0 Å². The zero-order valence-corrected chi connectivity index (χ0v) is 16.5. The minimum atomic E-state index is -0.379. The Kier molecular flexibility index (Phi) is 3.70. The molecule has 0 N–H and O–H groups in total. The molecule has 0 radical (unpaired) electrons. The molecule has 3 aliphatic heterocycles. The zero-order valence-electron chi connectivity index (χ0n) is 15.7. The lowest BCUT2D eigenvalue weighted by molar-refractivity contribution is -0.0209. The Balaban J connectivity index is 1.48. The highest BCUT2D eigenvalue weighted by Crippen LogP contribution is 2.51. The molecule has 0 saturated heterocycles. The van der Waals surface area contributed by atoms with Crippen molar-refractivity contribution in [2.75, 3.05) is 13.9 Å². The first-order valence-electron chi connectivity index (χ1n) is 9.44. The first kappa shape index (κ1) is 16.7. The van der Waals surface area contributed by atoms with Gasteiger partial charge in [-0.25, -0.2) is 5.01 Å². The van der Waals surface area contributed by atoms with Crippen LogP contribution in [-0.4, -0.2) is 24.6 Å². The number of hydrazone groups is 1. The Morgan fingerprint density at radius 3 is 2.90 bits per heavy atom. The highest BCUT2D eigenvalue weighted by atomic mass is 32.1. The number of rotatable bonds is 3. The van der Waals surface area contributed by atoms with Gasteiger partial charge in [-0.3, -0.25) is 0 Å². The fourth-order valence-corrected chi connectivity index (χ4v) is 4.84. The topological polar surface area (TPSA) is 52.5 Å². The van der Waals surface area contributed by atoms with E-state index in [0.29, 0.717) is 0 Å². The second-order valence-electron chi connectivity index (χ2n) is 7.09. The van der Waals surface area contributed by atoms with Crippen LogP contribution in [0.2, 0.25) is 0 Å². The van der Waals surface area contributed by atoms with E-state index in [1.165, 1.54) is 4.88 Å². The van der Waals surface area contributed by atoms with E-state index in [2.05, 4.69) is 28.6 Å². The molecule has 6 nitrogen and oxygen atoms in total. The van der Waals surface area contributed by atoms with Crippen LogP contribution >= 0.6 is 11.3 Å². The van der Waals surface area contributed by atoms with Gasteiger partial charge in [0.25, 0.3) is 0 Å². The summed E-state index contributed by atoms with van der Waals surface area (Å²) in [4.78, 5) is 1.19. The predicted octanol–water partition coefficient (Wildman–Crippen LogP) is 4.73. The molecule has 0 bridgehead atoms. The molecule has 3 aromatic rings. The molecule has 1 aromatic heterocycles. The van der Waals surface area contributed by atoms with Crippen molar-refractivity contribution in [1.82, 2.24) is 5.01 Å². The fourth-order valence-electron chi connectivity index (χ4n) is 4.12. The molecular formula is C22H18N2O4S. The van der Waals surface area contributed by atoms with E-state index in [4.69, 9.17) is 24.0 Å². The highest BCUT2D eigenvalue weighted by molar-refractivity contribution is 7.12. The maximum Gasteiger partial charge on any atom is 0.231 e. The third kappa shape index (κ3) is 2.57. The normalized spacial score (nSPS) is 21.3. The molecule has 6 rings (SSSR count). The highest BCUT2D eigenvalue weighted by Gasteiger charge is 2.42. The van der Waals surface area contributed by atoms with Gasteiger partial charge in [-0.1, -0.05) is 18.2 Å². The Bertz CT molecular complexity index is 1110. The second kappa shape index (κ2) is 6.42. The Hall–Kier alpha value is -3.19. The van der Waals surface area contributed by atoms with Crippen LogP contribution < -0.4 is 18.9 Å². The molecule has 0 aliphatic carbocycles. The van der Waals surface area contributed by atoms with Crippen LogP contribution in [0.4, 0.5) is 0 Å². The van der Waals surface area contributed by atoms with Crippen molar-refractivity contribution < 1.29 is 18.9 Å². The predicted molar refractivity (Wildman–Crippen MR) is 109 cm³/mol. The summed E-state index contributed by atoms with van der Waals surface area (Å²) in [5.74, 6) is 3.00. The van der Waals surface area contributed by atoms with E-state index >= 15 is 0 Å². The first-order chi connectivity index (χ1) is 14.3. The summed E-state index contributed by atoms with van der Waals surface area (Å²) in [5.41, 5.74) is 3.14. The standard InChI is InChI=1S/C22H18N2O4S/c1-25-18-5-2-4-14-16-11-15(20-6-3-9-29-20)23-24(16)22(28-21(14)18)13-7-8-17-19(10-13)27-12-26-17/h2-10,16,22H,11-12H2,1H3/t16-,22-/m1/s1. The largest absolute Gasteiger partial charge is 0.493 e. The Morgan fingerprint density at radius 2 is 2.03 bits per heavy atom. The van der Waals surface area contributed by atoms with Gasteiger partial charge in [0.05, 0.1) is 23.7 Å². The average Bonchev–Trinajstić information content (AvgIpc) is 3.52. The van der Waals surface area contributed by atoms with Crippen molar-refractivity contribution in [3.8, 4) is 23.0 Å². The third-order valence-corrected chi connectivity index (χ3v) is 6.41. The number of methoxy groups -OCH3 is 1.